The van der Waals surface area contributed by atoms with Crippen LogP contribution < -0.4 is 10.2 Å². The van der Waals surface area contributed by atoms with Crippen LogP contribution in [0.5, 0.6) is 5.75 Å². The molecular formula is C32H42FN5O. The van der Waals surface area contributed by atoms with Crippen LogP contribution in [0.3, 0.4) is 0 Å². The normalized spacial score (nSPS) is 18.1. The second-order valence-corrected chi connectivity index (χ2v) is 10.1. The number of aromatic hydroxyl groups is 1. The van der Waals surface area contributed by atoms with E-state index < -0.39 is 5.82 Å². The number of aromatic nitrogens is 3. The molecule has 6 rings (SSSR count). The van der Waals surface area contributed by atoms with Crippen LogP contribution in [0.4, 0.5) is 10.2 Å². The molecule has 2 unspecified atom stereocenters. The van der Waals surface area contributed by atoms with Gasteiger partial charge >= 0.3 is 0 Å². The molecule has 2 aromatic carbocycles. The average molecular weight is 532 g/mol. The van der Waals surface area contributed by atoms with E-state index in [2.05, 4.69) is 27.1 Å². The molecule has 0 amide bonds. The van der Waals surface area contributed by atoms with E-state index in [1.807, 2.05) is 59.7 Å². The van der Waals surface area contributed by atoms with Crippen molar-refractivity contribution in [2.75, 3.05) is 18.0 Å². The summed E-state index contributed by atoms with van der Waals surface area (Å²) in [6, 6.07) is 10.1. The summed E-state index contributed by atoms with van der Waals surface area (Å²) >= 11 is 0. The van der Waals surface area contributed by atoms with Crippen molar-refractivity contribution in [3.8, 4) is 17.0 Å². The summed E-state index contributed by atoms with van der Waals surface area (Å²) in [5, 5.41) is 16.5. The molecule has 2 bridgehead atoms. The Morgan fingerprint density at radius 2 is 1.74 bits per heavy atom. The molecule has 0 radical (unpaired) electrons. The molecule has 0 saturated carbocycles. The van der Waals surface area contributed by atoms with Crippen LogP contribution >= 0.6 is 0 Å². The van der Waals surface area contributed by atoms with Crippen LogP contribution in [-0.2, 0) is 6.42 Å². The van der Waals surface area contributed by atoms with Gasteiger partial charge in [-0.2, -0.15) is 0 Å². The minimum Gasteiger partial charge on any atom is -0.508 e. The third kappa shape index (κ3) is 5.42. The van der Waals surface area contributed by atoms with Crippen molar-refractivity contribution in [3.63, 3.8) is 0 Å². The number of nitrogens with zero attached hydrogens (tertiary/aromatic N) is 4. The summed E-state index contributed by atoms with van der Waals surface area (Å²) in [6.07, 6.45) is 4.81. The molecule has 39 heavy (non-hydrogen) atoms. The molecule has 2 saturated heterocycles. The standard InChI is InChI=1S/C28H30FN5O.2C2H6/c1-4-16-6-5-7-17-10-20(35)11-21(23(16)17)25-24(29)26-22(12-30-25)28(33-27(32-26)15(2)3)34-13-18-8-9-19(14-34)31-18;2*1-2/h5-7,10-12,15,18-19,31,35H,4,8-9,13-14H2,1-3H3;2*1-2H3. The molecule has 2 N–H and O–H groups in total. The zero-order valence-corrected chi connectivity index (χ0v) is 24.3. The van der Waals surface area contributed by atoms with E-state index in [4.69, 9.17) is 4.98 Å². The van der Waals surface area contributed by atoms with Crippen molar-refractivity contribution in [1.29, 1.82) is 0 Å². The maximum atomic E-state index is 16.3. The number of pyridine rings is 1. The predicted molar refractivity (Wildman–Crippen MR) is 160 cm³/mol. The Morgan fingerprint density at radius 1 is 1.05 bits per heavy atom. The van der Waals surface area contributed by atoms with Gasteiger partial charge in [-0.25, -0.2) is 14.4 Å². The molecule has 2 aromatic heterocycles. The number of fused-ring (bicyclic) bond motifs is 4. The van der Waals surface area contributed by atoms with Gasteiger partial charge in [-0.15, -0.1) is 0 Å². The van der Waals surface area contributed by atoms with Crippen LogP contribution in [0.1, 0.15) is 78.6 Å². The summed E-state index contributed by atoms with van der Waals surface area (Å²) in [7, 11) is 0. The Hall–Kier alpha value is -3.32. The van der Waals surface area contributed by atoms with Crippen LogP contribution in [0.2, 0.25) is 0 Å². The molecule has 6 nitrogen and oxygen atoms in total. The highest BCUT2D eigenvalue weighted by atomic mass is 19.1. The molecule has 0 aliphatic carbocycles. The third-order valence-electron chi connectivity index (χ3n) is 7.40. The summed E-state index contributed by atoms with van der Waals surface area (Å²) in [6.45, 7) is 15.8. The van der Waals surface area contributed by atoms with Gasteiger partial charge in [0.2, 0.25) is 0 Å². The minimum atomic E-state index is -0.469. The van der Waals surface area contributed by atoms with Gasteiger partial charge in [0.25, 0.3) is 0 Å². The summed E-state index contributed by atoms with van der Waals surface area (Å²) < 4.78 is 16.3. The molecule has 2 atom stereocenters. The number of halogens is 1. The smallest absolute Gasteiger partial charge is 0.175 e. The van der Waals surface area contributed by atoms with Gasteiger partial charge in [0.15, 0.2) is 5.82 Å². The van der Waals surface area contributed by atoms with E-state index in [-0.39, 0.29) is 17.4 Å². The molecule has 7 heteroatoms. The maximum absolute atomic E-state index is 16.3. The Labute approximate surface area is 231 Å². The lowest BCUT2D eigenvalue weighted by molar-refractivity contribution is 0.463. The molecular weight excluding hydrogens is 489 g/mol. The van der Waals surface area contributed by atoms with E-state index >= 15 is 4.39 Å². The van der Waals surface area contributed by atoms with Crippen molar-refractivity contribution >= 4 is 27.5 Å². The van der Waals surface area contributed by atoms with Gasteiger partial charge in [0.1, 0.15) is 28.6 Å². The number of anilines is 1. The molecule has 0 spiro atoms. The average Bonchev–Trinajstić information content (AvgIpc) is 3.31. The number of rotatable bonds is 4. The Kier molecular flexibility index (Phi) is 9.01. The summed E-state index contributed by atoms with van der Waals surface area (Å²) in [4.78, 5) is 16.5. The first-order chi connectivity index (χ1) is 18.9. The Balaban J connectivity index is 0.000000845. The van der Waals surface area contributed by atoms with E-state index in [0.29, 0.717) is 34.4 Å². The quantitative estimate of drug-likeness (QED) is 0.286. The van der Waals surface area contributed by atoms with E-state index in [9.17, 15) is 5.11 Å². The zero-order valence-electron chi connectivity index (χ0n) is 24.3. The highest BCUT2D eigenvalue weighted by Crippen LogP contribution is 2.38. The predicted octanol–water partition coefficient (Wildman–Crippen LogP) is 7.37. The number of phenolic OH excluding ortho intramolecular Hbond substituents is 1. The number of hydrogen-bond acceptors (Lipinski definition) is 6. The SMILES string of the molecule is CC.CC.CCc1cccc2cc(O)cc(-c3ncc4c(N5CC6CCC(C5)N6)nc(C(C)C)nc4c3F)c12. The van der Waals surface area contributed by atoms with E-state index in [1.165, 1.54) is 0 Å². The van der Waals surface area contributed by atoms with Gasteiger partial charge in [-0.05, 0) is 47.7 Å². The molecule has 2 fully saturated rings. The first kappa shape index (κ1) is 28.7. The maximum Gasteiger partial charge on any atom is 0.175 e. The monoisotopic (exact) mass is 531 g/mol. The van der Waals surface area contributed by atoms with Crippen LogP contribution in [0.25, 0.3) is 32.9 Å². The highest BCUT2D eigenvalue weighted by Gasteiger charge is 2.34. The summed E-state index contributed by atoms with van der Waals surface area (Å²) in [5.74, 6) is 1.07. The van der Waals surface area contributed by atoms with Gasteiger partial charge in [0.05, 0.1) is 5.39 Å². The topological polar surface area (TPSA) is 74.2 Å². The number of aryl methyl sites for hydroxylation is 1. The van der Waals surface area contributed by atoms with Gasteiger partial charge < -0.3 is 15.3 Å². The molecule has 208 valence electrons. The fourth-order valence-corrected chi connectivity index (χ4v) is 5.69. The van der Waals surface area contributed by atoms with Crippen molar-refractivity contribution in [3.05, 3.63) is 53.7 Å². The number of benzene rings is 2. The lowest BCUT2D eigenvalue weighted by Crippen LogP contribution is -2.51. The molecule has 4 heterocycles. The van der Waals surface area contributed by atoms with Crippen LogP contribution in [-0.4, -0.2) is 45.2 Å². The lowest BCUT2D eigenvalue weighted by Gasteiger charge is -2.34. The fraction of sp³-hybridized carbons (Fsp3) is 0.469. The fourth-order valence-electron chi connectivity index (χ4n) is 5.69. The second kappa shape index (κ2) is 12.2. The Morgan fingerprint density at radius 3 is 2.38 bits per heavy atom. The van der Waals surface area contributed by atoms with Crippen LogP contribution in [0.15, 0.2) is 36.5 Å². The first-order valence-electron chi connectivity index (χ1n) is 14.5. The molecule has 2 aliphatic heterocycles. The molecule has 4 aromatic rings. The summed E-state index contributed by atoms with van der Waals surface area (Å²) in [5.41, 5.74) is 2.17. The highest BCUT2D eigenvalue weighted by molar-refractivity contribution is 6.01. The van der Waals surface area contributed by atoms with Crippen molar-refractivity contribution in [2.45, 2.75) is 85.7 Å². The second-order valence-electron chi connectivity index (χ2n) is 10.1. The number of piperazine rings is 1. The van der Waals surface area contributed by atoms with Crippen LogP contribution in [0, 0.1) is 5.82 Å². The van der Waals surface area contributed by atoms with Crippen molar-refractivity contribution in [1.82, 2.24) is 20.3 Å². The van der Waals surface area contributed by atoms with Crippen molar-refractivity contribution < 1.29 is 9.50 Å². The largest absolute Gasteiger partial charge is 0.508 e. The van der Waals surface area contributed by atoms with Gasteiger partial charge in [0, 0.05) is 42.9 Å². The van der Waals surface area contributed by atoms with E-state index in [1.54, 1.807) is 18.3 Å². The zero-order chi connectivity index (χ0) is 28.3. The number of phenols is 1. The number of nitrogens with one attached hydrogen (secondary N) is 1. The van der Waals surface area contributed by atoms with Gasteiger partial charge in [-0.3, -0.25) is 4.98 Å². The van der Waals surface area contributed by atoms with E-state index in [0.717, 1.165) is 54.5 Å². The van der Waals surface area contributed by atoms with Gasteiger partial charge in [-0.1, -0.05) is 66.7 Å². The first-order valence-corrected chi connectivity index (χ1v) is 14.5. The minimum absolute atomic E-state index is 0.0575. The lowest BCUT2D eigenvalue weighted by atomic mass is 9.95. The Bertz CT molecular complexity index is 1440. The third-order valence-corrected chi connectivity index (χ3v) is 7.40. The number of hydrogen-bond donors (Lipinski definition) is 2. The molecule has 2 aliphatic rings. The van der Waals surface area contributed by atoms with Crippen molar-refractivity contribution in [2.24, 2.45) is 0 Å².